The summed E-state index contributed by atoms with van der Waals surface area (Å²) in [4.78, 5) is 27.3. The first kappa shape index (κ1) is 20.4. The molecule has 5 nitrogen and oxygen atoms in total. The zero-order valence-electron chi connectivity index (χ0n) is 16.7. The molecule has 1 saturated heterocycles. The molecule has 1 unspecified atom stereocenters. The number of aliphatic hydroxyl groups is 1. The predicted octanol–water partition coefficient (Wildman–Crippen LogP) is 3.79. The van der Waals surface area contributed by atoms with Crippen LogP contribution in [0.25, 0.3) is 21.9 Å². The number of aliphatic hydroxyl groups excluding tert-OH is 1. The molecule has 1 aliphatic heterocycles. The van der Waals surface area contributed by atoms with E-state index in [0.717, 1.165) is 27.5 Å². The Hall–Kier alpha value is -2.89. The van der Waals surface area contributed by atoms with Gasteiger partial charge in [-0.2, -0.15) is 0 Å². The Kier molecular flexibility index (Phi) is 5.75. The van der Waals surface area contributed by atoms with Crippen LogP contribution in [0.5, 0.6) is 0 Å². The van der Waals surface area contributed by atoms with E-state index in [1.54, 1.807) is 11.0 Å². The fraction of sp³-hybridized carbons (Fsp3) is 0.250. The molecule has 0 saturated carbocycles. The molecule has 0 bridgehead atoms. The first-order valence-electron chi connectivity index (χ1n) is 9.99. The Morgan fingerprint density at radius 1 is 1.10 bits per heavy atom. The molecule has 1 aliphatic rings. The molecule has 2 amide bonds. The van der Waals surface area contributed by atoms with Crippen molar-refractivity contribution in [3.8, 4) is 11.1 Å². The number of hydrogen-bond donors (Lipinski definition) is 2. The minimum absolute atomic E-state index is 0.157. The van der Waals surface area contributed by atoms with E-state index in [-0.39, 0.29) is 24.8 Å². The van der Waals surface area contributed by atoms with Crippen molar-refractivity contribution in [3.63, 3.8) is 0 Å². The second kappa shape index (κ2) is 8.46. The number of halogens is 1. The molecule has 4 rings (SSSR count). The lowest BCUT2D eigenvalue weighted by atomic mass is 9.92. The van der Waals surface area contributed by atoms with E-state index in [1.165, 1.54) is 0 Å². The summed E-state index contributed by atoms with van der Waals surface area (Å²) in [7, 11) is 0. The van der Waals surface area contributed by atoms with Crippen molar-refractivity contribution in [2.24, 2.45) is 0 Å². The van der Waals surface area contributed by atoms with Gasteiger partial charge in [-0.1, -0.05) is 54.1 Å². The molecule has 1 fully saturated rings. The summed E-state index contributed by atoms with van der Waals surface area (Å²) in [5.41, 5.74) is 3.56. The second-order valence-corrected chi connectivity index (χ2v) is 7.84. The summed E-state index contributed by atoms with van der Waals surface area (Å²) >= 11 is 6.34. The summed E-state index contributed by atoms with van der Waals surface area (Å²) in [6.07, 6.45) is 0.218. The topological polar surface area (TPSA) is 69.6 Å². The standard InChI is InChI=1S/C24H23ClN2O3/c1-15-16(5-4-10-21(15)25)17-6-2-8-19-18(17)7-3-9-20(19)24(30)27-13-12-26-23(29)22(27)11-14-28/h2-10,22,28H,11-14H2,1H3,(H,26,29). The number of rotatable bonds is 4. The monoisotopic (exact) mass is 422 g/mol. The normalized spacial score (nSPS) is 16.6. The van der Waals surface area contributed by atoms with Crippen LogP contribution in [0.1, 0.15) is 22.3 Å². The quantitative estimate of drug-likeness (QED) is 0.672. The Morgan fingerprint density at radius 2 is 1.80 bits per heavy atom. The van der Waals surface area contributed by atoms with Crippen molar-refractivity contribution in [3.05, 3.63) is 70.7 Å². The number of carbonyl (C=O) groups excluding carboxylic acids is 2. The highest BCUT2D eigenvalue weighted by atomic mass is 35.5. The minimum atomic E-state index is -0.662. The number of nitrogens with one attached hydrogen (secondary N) is 1. The first-order valence-corrected chi connectivity index (χ1v) is 10.4. The molecular formula is C24H23ClN2O3. The van der Waals surface area contributed by atoms with Crippen LogP contribution in [0.15, 0.2) is 54.6 Å². The Bertz CT molecular complexity index is 1130. The Morgan fingerprint density at radius 3 is 2.60 bits per heavy atom. The summed E-state index contributed by atoms with van der Waals surface area (Å²) in [6.45, 7) is 2.65. The maximum absolute atomic E-state index is 13.5. The van der Waals surface area contributed by atoms with E-state index in [0.29, 0.717) is 23.7 Å². The lowest BCUT2D eigenvalue weighted by molar-refractivity contribution is -0.128. The van der Waals surface area contributed by atoms with Crippen molar-refractivity contribution in [2.45, 2.75) is 19.4 Å². The van der Waals surface area contributed by atoms with E-state index >= 15 is 0 Å². The van der Waals surface area contributed by atoms with Crippen LogP contribution >= 0.6 is 11.6 Å². The highest BCUT2D eigenvalue weighted by Gasteiger charge is 2.33. The van der Waals surface area contributed by atoms with Gasteiger partial charge in [-0.3, -0.25) is 9.59 Å². The van der Waals surface area contributed by atoms with Crippen LogP contribution in [0.4, 0.5) is 0 Å². The van der Waals surface area contributed by atoms with Gasteiger partial charge in [0.05, 0.1) is 0 Å². The Labute approximate surface area is 180 Å². The van der Waals surface area contributed by atoms with Gasteiger partial charge in [0.2, 0.25) is 5.91 Å². The number of piperazine rings is 1. The molecule has 1 atom stereocenters. The minimum Gasteiger partial charge on any atom is -0.396 e. The third kappa shape index (κ3) is 3.55. The zero-order valence-corrected chi connectivity index (χ0v) is 17.4. The molecule has 0 aliphatic carbocycles. The number of hydrogen-bond acceptors (Lipinski definition) is 3. The highest BCUT2D eigenvalue weighted by Crippen LogP contribution is 2.35. The maximum Gasteiger partial charge on any atom is 0.255 e. The zero-order chi connectivity index (χ0) is 21.3. The van der Waals surface area contributed by atoms with Crippen LogP contribution in [-0.2, 0) is 4.79 Å². The van der Waals surface area contributed by atoms with Crippen LogP contribution < -0.4 is 5.32 Å². The van der Waals surface area contributed by atoms with Crippen LogP contribution in [0.2, 0.25) is 5.02 Å². The number of fused-ring (bicyclic) bond motifs is 1. The van der Waals surface area contributed by atoms with Gasteiger partial charge in [0.25, 0.3) is 5.91 Å². The third-order valence-electron chi connectivity index (χ3n) is 5.70. The van der Waals surface area contributed by atoms with Gasteiger partial charge in [0, 0.05) is 30.3 Å². The van der Waals surface area contributed by atoms with E-state index in [4.69, 9.17) is 11.6 Å². The van der Waals surface area contributed by atoms with Gasteiger partial charge in [0.1, 0.15) is 6.04 Å². The van der Waals surface area contributed by atoms with E-state index in [1.807, 2.05) is 55.5 Å². The smallest absolute Gasteiger partial charge is 0.255 e. The molecule has 1 heterocycles. The van der Waals surface area contributed by atoms with Crippen LogP contribution in [-0.4, -0.2) is 47.6 Å². The predicted molar refractivity (Wildman–Crippen MR) is 119 cm³/mol. The van der Waals surface area contributed by atoms with Crippen molar-refractivity contribution in [1.29, 1.82) is 0 Å². The van der Waals surface area contributed by atoms with Gasteiger partial charge < -0.3 is 15.3 Å². The molecule has 0 radical (unpaired) electrons. The third-order valence-corrected chi connectivity index (χ3v) is 6.11. The lowest BCUT2D eigenvalue weighted by Crippen LogP contribution is -2.57. The number of nitrogens with zero attached hydrogens (tertiary/aromatic N) is 1. The van der Waals surface area contributed by atoms with E-state index in [2.05, 4.69) is 5.32 Å². The fourth-order valence-corrected chi connectivity index (χ4v) is 4.33. The van der Waals surface area contributed by atoms with E-state index < -0.39 is 6.04 Å². The van der Waals surface area contributed by atoms with Crippen molar-refractivity contribution in [1.82, 2.24) is 10.2 Å². The molecule has 154 valence electrons. The summed E-state index contributed by atoms with van der Waals surface area (Å²) in [5.74, 6) is -0.423. The first-order chi connectivity index (χ1) is 14.5. The van der Waals surface area contributed by atoms with Crippen molar-refractivity contribution < 1.29 is 14.7 Å². The molecule has 2 N–H and O–H groups in total. The fourth-order valence-electron chi connectivity index (χ4n) is 4.15. The van der Waals surface area contributed by atoms with Gasteiger partial charge in [-0.05, 0) is 52.9 Å². The molecule has 0 spiro atoms. The highest BCUT2D eigenvalue weighted by molar-refractivity contribution is 6.31. The summed E-state index contributed by atoms with van der Waals surface area (Å²) < 4.78 is 0. The van der Waals surface area contributed by atoms with Gasteiger partial charge in [-0.15, -0.1) is 0 Å². The van der Waals surface area contributed by atoms with Crippen molar-refractivity contribution in [2.75, 3.05) is 19.7 Å². The average molecular weight is 423 g/mol. The average Bonchev–Trinajstić information content (AvgIpc) is 2.76. The van der Waals surface area contributed by atoms with E-state index in [9.17, 15) is 14.7 Å². The lowest BCUT2D eigenvalue weighted by Gasteiger charge is -2.35. The number of amides is 2. The largest absolute Gasteiger partial charge is 0.396 e. The molecule has 3 aromatic carbocycles. The van der Waals surface area contributed by atoms with Gasteiger partial charge in [0.15, 0.2) is 0 Å². The summed E-state index contributed by atoms with van der Waals surface area (Å²) in [6, 6.07) is 16.7. The van der Waals surface area contributed by atoms with Crippen LogP contribution in [0.3, 0.4) is 0 Å². The Balaban J connectivity index is 1.82. The molecule has 3 aromatic rings. The second-order valence-electron chi connectivity index (χ2n) is 7.44. The molecule has 0 aromatic heterocycles. The van der Waals surface area contributed by atoms with Gasteiger partial charge >= 0.3 is 0 Å². The number of carbonyl (C=O) groups is 2. The van der Waals surface area contributed by atoms with Crippen molar-refractivity contribution >= 4 is 34.2 Å². The number of benzene rings is 3. The molecular weight excluding hydrogens is 400 g/mol. The maximum atomic E-state index is 13.5. The molecule has 6 heteroatoms. The van der Waals surface area contributed by atoms with Crippen LogP contribution in [0, 0.1) is 6.92 Å². The SMILES string of the molecule is Cc1c(Cl)cccc1-c1cccc2c(C(=O)N3CCNC(=O)C3CCO)cccc12. The van der Waals surface area contributed by atoms with Gasteiger partial charge in [-0.25, -0.2) is 0 Å². The summed E-state index contributed by atoms with van der Waals surface area (Å²) in [5, 5.41) is 14.6. The molecule has 30 heavy (non-hydrogen) atoms.